The lowest BCUT2D eigenvalue weighted by Crippen LogP contribution is -2.29. The van der Waals surface area contributed by atoms with Gasteiger partial charge in [0.2, 0.25) is 11.8 Å². The van der Waals surface area contributed by atoms with Gasteiger partial charge in [-0.2, -0.15) is 0 Å². The van der Waals surface area contributed by atoms with E-state index in [1.165, 1.54) is 14.2 Å². The molecule has 2 heterocycles. The van der Waals surface area contributed by atoms with Gasteiger partial charge in [-0.1, -0.05) is 16.8 Å². The van der Waals surface area contributed by atoms with Crippen molar-refractivity contribution in [2.24, 2.45) is 5.16 Å². The summed E-state index contributed by atoms with van der Waals surface area (Å²) in [6.07, 6.45) is 3.29. The van der Waals surface area contributed by atoms with Gasteiger partial charge in [-0.15, -0.1) is 5.10 Å². The molecule has 0 saturated carbocycles. The van der Waals surface area contributed by atoms with Gasteiger partial charge >= 0.3 is 0 Å². The summed E-state index contributed by atoms with van der Waals surface area (Å²) < 4.78 is 7.41. The molecule has 0 unspecified atom stereocenters. The molecule has 0 aliphatic heterocycles. The van der Waals surface area contributed by atoms with Crippen molar-refractivity contribution in [1.29, 1.82) is 0 Å². The molecule has 0 aliphatic carbocycles. The Labute approximate surface area is 160 Å². The van der Waals surface area contributed by atoms with E-state index in [2.05, 4.69) is 20.6 Å². The zero-order valence-electron chi connectivity index (χ0n) is 14.6. The number of nitrogens with one attached hydrogen (secondary N) is 1. The molecule has 0 spiro atoms. The maximum Gasteiger partial charge on any atom is 0.273 e. The van der Waals surface area contributed by atoms with Gasteiger partial charge in [0.25, 0.3) is 5.91 Å². The fourth-order valence-corrected chi connectivity index (χ4v) is 2.40. The van der Waals surface area contributed by atoms with Crippen molar-refractivity contribution < 1.29 is 14.4 Å². The summed E-state index contributed by atoms with van der Waals surface area (Å²) in [4.78, 5) is 21.0. The Morgan fingerprint density at radius 3 is 2.70 bits per heavy atom. The summed E-state index contributed by atoms with van der Waals surface area (Å²) in [5, 5.41) is 11.3. The van der Waals surface area contributed by atoms with Gasteiger partial charge < -0.3 is 14.9 Å². The largest absolute Gasteiger partial charge is 0.418 e. The standard InChI is InChI=1S/C18H16ClN5O3/c1-20-17(25)16(23-26-2)14-4-3-10-21-18(14)27-15-9-11-24(22-15)13-7-5-12(19)6-8-13/h3-11H,1-2H3,(H,20,25)/b23-16+. The molecule has 1 amide bonds. The van der Waals surface area contributed by atoms with Crippen molar-refractivity contribution in [3.05, 3.63) is 65.4 Å². The van der Waals surface area contributed by atoms with Crippen molar-refractivity contribution in [2.75, 3.05) is 14.2 Å². The van der Waals surface area contributed by atoms with Crippen LogP contribution in [0.3, 0.4) is 0 Å². The highest BCUT2D eigenvalue weighted by Crippen LogP contribution is 2.23. The number of aromatic nitrogens is 3. The Morgan fingerprint density at radius 2 is 2.00 bits per heavy atom. The van der Waals surface area contributed by atoms with Gasteiger partial charge in [0.15, 0.2) is 5.71 Å². The zero-order valence-corrected chi connectivity index (χ0v) is 15.3. The van der Waals surface area contributed by atoms with Crippen LogP contribution >= 0.6 is 11.6 Å². The Balaban J connectivity index is 1.90. The molecule has 0 bridgehead atoms. The summed E-state index contributed by atoms with van der Waals surface area (Å²) >= 11 is 5.91. The molecule has 9 heteroatoms. The van der Waals surface area contributed by atoms with Gasteiger partial charge in [0.05, 0.1) is 11.3 Å². The van der Waals surface area contributed by atoms with Crippen LogP contribution in [0.25, 0.3) is 5.69 Å². The van der Waals surface area contributed by atoms with Gasteiger partial charge in [-0.05, 0) is 36.4 Å². The van der Waals surface area contributed by atoms with Crippen LogP contribution in [0.5, 0.6) is 11.8 Å². The van der Waals surface area contributed by atoms with Crippen molar-refractivity contribution in [3.8, 4) is 17.4 Å². The fraction of sp³-hybridized carbons (Fsp3) is 0.111. The van der Waals surface area contributed by atoms with Crippen molar-refractivity contribution in [2.45, 2.75) is 0 Å². The van der Waals surface area contributed by atoms with E-state index in [-0.39, 0.29) is 11.6 Å². The molecule has 0 saturated heterocycles. The first-order valence-electron chi connectivity index (χ1n) is 7.90. The molecule has 8 nitrogen and oxygen atoms in total. The monoisotopic (exact) mass is 385 g/mol. The lowest BCUT2D eigenvalue weighted by molar-refractivity contribution is -0.114. The Kier molecular flexibility index (Phi) is 5.68. The molecule has 1 N–H and O–H groups in total. The number of benzene rings is 1. The Morgan fingerprint density at radius 1 is 1.22 bits per heavy atom. The molecule has 0 radical (unpaired) electrons. The van der Waals surface area contributed by atoms with Crippen LogP contribution in [0.15, 0.2) is 60.0 Å². The summed E-state index contributed by atoms with van der Waals surface area (Å²) in [5.41, 5.74) is 1.24. The second-order valence-electron chi connectivity index (χ2n) is 5.23. The van der Waals surface area contributed by atoms with Gasteiger partial charge in [-0.3, -0.25) is 4.79 Å². The zero-order chi connectivity index (χ0) is 19.2. The fourth-order valence-electron chi connectivity index (χ4n) is 2.27. The molecule has 0 atom stereocenters. The average molecular weight is 386 g/mol. The van der Waals surface area contributed by atoms with Crippen LogP contribution in [0.2, 0.25) is 5.02 Å². The number of pyridine rings is 1. The summed E-state index contributed by atoms with van der Waals surface area (Å²) in [6, 6.07) is 12.2. The molecular weight excluding hydrogens is 370 g/mol. The number of nitrogens with zero attached hydrogens (tertiary/aromatic N) is 4. The minimum atomic E-state index is -0.429. The number of hydrogen-bond donors (Lipinski definition) is 1. The predicted octanol–water partition coefficient (Wildman–Crippen LogP) is 2.81. The molecule has 3 aromatic rings. The maximum atomic E-state index is 12.1. The molecule has 2 aromatic heterocycles. The average Bonchev–Trinajstić information content (AvgIpc) is 3.15. The van der Waals surface area contributed by atoms with E-state index >= 15 is 0 Å². The summed E-state index contributed by atoms with van der Waals surface area (Å²) in [5.74, 6) is 0.0539. The third-order valence-corrected chi connectivity index (χ3v) is 3.76. The van der Waals surface area contributed by atoms with E-state index in [0.717, 1.165) is 5.69 Å². The molecule has 138 valence electrons. The number of halogens is 1. The minimum absolute atomic E-state index is 0.0419. The van der Waals surface area contributed by atoms with Gasteiger partial charge in [0, 0.05) is 30.5 Å². The molecule has 3 rings (SSSR count). The molecule has 1 aromatic carbocycles. The number of likely N-dealkylation sites (N-methyl/N-ethyl adjacent to an activating group) is 1. The number of hydrogen-bond acceptors (Lipinski definition) is 6. The smallest absolute Gasteiger partial charge is 0.273 e. The SMILES string of the molecule is CNC(=O)/C(=N/OC)c1cccnc1Oc1ccn(-c2ccc(Cl)cc2)n1. The number of carbonyl (C=O) groups is 1. The number of oxime groups is 1. The van der Waals surface area contributed by atoms with Crippen LogP contribution in [0.1, 0.15) is 5.56 Å². The lowest BCUT2D eigenvalue weighted by atomic mass is 10.1. The number of rotatable bonds is 6. The van der Waals surface area contributed by atoms with Crippen LogP contribution in [-0.2, 0) is 9.63 Å². The normalized spacial score (nSPS) is 11.1. The van der Waals surface area contributed by atoms with Crippen LogP contribution in [0.4, 0.5) is 0 Å². The van der Waals surface area contributed by atoms with E-state index in [1.54, 1.807) is 47.4 Å². The Bertz CT molecular complexity index is 969. The molecular formula is C18H16ClN5O3. The van der Waals surface area contributed by atoms with E-state index in [4.69, 9.17) is 21.2 Å². The third kappa shape index (κ3) is 4.24. The van der Waals surface area contributed by atoms with Crippen molar-refractivity contribution in [3.63, 3.8) is 0 Å². The molecule has 0 fully saturated rings. The maximum absolute atomic E-state index is 12.1. The summed E-state index contributed by atoms with van der Waals surface area (Å²) in [7, 11) is 2.85. The van der Waals surface area contributed by atoms with Crippen LogP contribution in [0, 0.1) is 0 Å². The minimum Gasteiger partial charge on any atom is -0.418 e. The highest BCUT2D eigenvalue weighted by atomic mass is 35.5. The molecule has 27 heavy (non-hydrogen) atoms. The summed E-state index contributed by atoms with van der Waals surface area (Å²) in [6.45, 7) is 0. The van der Waals surface area contributed by atoms with E-state index in [9.17, 15) is 4.79 Å². The Hall–Kier alpha value is -3.39. The van der Waals surface area contributed by atoms with Crippen LogP contribution < -0.4 is 10.1 Å². The van der Waals surface area contributed by atoms with Gasteiger partial charge in [0.1, 0.15) is 7.11 Å². The van der Waals surface area contributed by atoms with Crippen LogP contribution in [-0.4, -0.2) is 40.5 Å². The second kappa shape index (κ2) is 8.33. The quantitative estimate of drug-likeness (QED) is 0.520. The highest BCUT2D eigenvalue weighted by molar-refractivity contribution is 6.45. The van der Waals surface area contributed by atoms with Crippen molar-refractivity contribution in [1.82, 2.24) is 20.1 Å². The van der Waals surface area contributed by atoms with Gasteiger partial charge in [-0.25, -0.2) is 9.67 Å². The van der Waals surface area contributed by atoms with E-state index in [1.807, 2.05) is 12.1 Å². The lowest BCUT2D eigenvalue weighted by Gasteiger charge is -2.09. The number of carbonyl (C=O) groups excluding carboxylic acids is 1. The third-order valence-electron chi connectivity index (χ3n) is 3.51. The second-order valence-corrected chi connectivity index (χ2v) is 5.67. The van der Waals surface area contributed by atoms with E-state index < -0.39 is 5.91 Å². The first-order chi connectivity index (χ1) is 13.1. The number of amides is 1. The van der Waals surface area contributed by atoms with E-state index in [0.29, 0.717) is 16.5 Å². The molecule has 0 aliphatic rings. The predicted molar refractivity (Wildman–Crippen MR) is 100 cm³/mol. The number of ether oxygens (including phenoxy) is 1. The van der Waals surface area contributed by atoms with Crippen molar-refractivity contribution >= 4 is 23.2 Å². The highest BCUT2D eigenvalue weighted by Gasteiger charge is 2.20. The first-order valence-corrected chi connectivity index (χ1v) is 8.28. The topological polar surface area (TPSA) is 90.6 Å². The first kappa shape index (κ1) is 18.4.